The number of aromatic nitrogens is 2. The number of phenols is 1. The Morgan fingerprint density at radius 2 is 1.62 bits per heavy atom. The van der Waals surface area contributed by atoms with Crippen molar-refractivity contribution in [2.45, 2.75) is 43.4 Å². The van der Waals surface area contributed by atoms with Crippen LogP contribution in [0.5, 0.6) is 5.75 Å². The number of aliphatic hydroxyl groups is 1. The lowest BCUT2D eigenvalue weighted by Crippen LogP contribution is -2.58. The van der Waals surface area contributed by atoms with Crippen molar-refractivity contribution < 1.29 is 34.5 Å². The second-order valence-corrected chi connectivity index (χ2v) is 9.23. The Hall–Kier alpha value is -3.62. The number of nitrogens with one attached hydrogen (secondary N) is 4. The summed E-state index contributed by atoms with van der Waals surface area (Å²) in [5.41, 5.74) is 7.30. The minimum absolute atomic E-state index is 0.0226. The molecule has 0 aliphatic heterocycles. The first-order valence-electron chi connectivity index (χ1n) is 11.4. The van der Waals surface area contributed by atoms with Gasteiger partial charge in [-0.25, -0.2) is 9.78 Å². The highest BCUT2D eigenvalue weighted by Gasteiger charge is 2.30. The molecule has 2 aromatic rings. The Kier molecular flexibility index (Phi) is 11.9. The summed E-state index contributed by atoms with van der Waals surface area (Å²) in [7, 11) is 0. The molecule has 1 aromatic heterocycles. The van der Waals surface area contributed by atoms with Crippen LogP contribution < -0.4 is 21.7 Å². The number of benzene rings is 1. The fourth-order valence-corrected chi connectivity index (χ4v) is 3.79. The van der Waals surface area contributed by atoms with Crippen LogP contribution in [-0.4, -0.2) is 91.8 Å². The minimum atomic E-state index is -1.53. The fraction of sp³-hybridized carbons (Fsp3) is 0.435. The van der Waals surface area contributed by atoms with Crippen LogP contribution >= 0.6 is 11.8 Å². The Bertz CT molecular complexity index is 1030. The lowest BCUT2D eigenvalue weighted by molar-refractivity contribution is -0.143. The van der Waals surface area contributed by atoms with Crippen LogP contribution in [0, 0.1) is 0 Å². The van der Waals surface area contributed by atoms with E-state index in [-0.39, 0.29) is 25.0 Å². The zero-order valence-corrected chi connectivity index (χ0v) is 21.0. The molecule has 0 radical (unpaired) electrons. The fourth-order valence-electron chi connectivity index (χ4n) is 3.32. The van der Waals surface area contributed by atoms with Crippen molar-refractivity contribution in [2.75, 3.05) is 18.6 Å². The number of rotatable bonds is 15. The molecule has 3 amide bonds. The average Bonchev–Trinajstić information content (AvgIpc) is 3.38. The van der Waals surface area contributed by atoms with Gasteiger partial charge in [0, 0.05) is 18.3 Å². The summed E-state index contributed by atoms with van der Waals surface area (Å²) >= 11 is 1.42. The molecule has 0 bridgehead atoms. The van der Waals surface area contributed by atoms with Crippen molar-refractivity contribution >= 4 is 35.5 Å². The number of amides is 3. The summed E-state index contributed by atoms with van der Waals surface area (Å²) in [4.78, 5) is 56.7. The van der Waals surface area contributed by atoms with Crippen LogP contribution in [0.15, 0.2) is 36.8 Å². The summed E-state index contributed by atoms with van der Waals surface area (Å²) in [6, 6.07) is 1.43. The van der Waals surface area contributed by atoms with E-state index in [1.807, 2.05) is 0 Å². The van der Waals surface area contributed by atoms with Crippen LogP contribution in [0.1, 0.15) is 17.7 Å². The van der Waals surface area contributed by atoms with Gasteiger partial charge in [0.15, 0.2) is 0 Å². The van der Waals surface area contributed by atoms with Crippen LogP contribution in [0.25, 0.3) is 0 Å². The first kappa shape index (κ1) is 29.6. The summed E-state index contributed by atoms with van der Waals surface area (Å²) in [6.07, 6.45) is 5.07. The molecule has 4 atom stereocenters. The van der Waals surface area contributed by atoms with E-state index in [2.05, 4.69) is 25.9 Å². The number of aromatic amines is 1. The number of carboxylic acids is 1. The third-order valence-corrected chi connectivity index (χ3v) is 6.03. The molecular weight excluding hydrogens is 504 g/mol. The highest BCUT2D eigenvalue weighted by Crippen LogP contribution is 2.11. The number of carboxylic acid groups (broad SMARTS) is 1. The van der Waals surface area contributed by atoms with Gasteiger partial charge in [0.05, 0.1) is 19.0 Å². The third-order valence-electron chi connectivity index (χ3n) is 5.38. The van der Waals surface area contributed by atoms with E-state index in [4.69, 9.17) is 10.8 Å². The Morgan fingerprint density at radius 3 is 2.19 bits per heavy atom. The van der Waals surface area contributed by atoms with E-state index >= 15 is 0 Å². The maximum atomic E-state index is 13.2. The summed E-state index contributed by atoms with van der Waals surface area (Å²) in [5.74, 6) is -2.94. The molecule has 13 nitrogen and oxygen atoms in total. The number of carbonyl (C=O) groups is 4. The molecule has 0 aliphatic carbocycles. The molecule has 0 aliphatic rings. The number of aliphatic hydroxyl groups excluding tert-OH is 1. The van der Waals surface area contributed by atoms with Crippen LogP contribution in [0.3, 0.4) is 0 Å². The smallest absolute Gasteiger partial charge is 0.328 e. The van der Waals surface area contributed by atoms with Gasteiger partial charge in [0.1, 0.15) is 23.9 Å². The summed E-state index contributed by atoms with van der Waals surface area (Å²) in [6.45, 7) is -0.818. The zero-order valence-electron chi connectivity index (χ0n) is 20.2. The van der Waals surface area contributed by atoms with Crippen LogP contribution in [0.2, 0.25) is 0 Å². The lowest BCUT2D eigenvalue weighted by Gasteiger charge is -2.25. The van der Waals surface area contributed by atoms with E-state index in [9.17, 15) is 29.4 Å². The number of nitrogens with two attached hydrogens (primary N) is 1. The maximum absolute atomic E-state index is 13.2. The molecule has 0 saturated carbocycles. The molecule has 0 spiro atoms. The Balaban J connectivity index is 2.14. The predicted octanol–water partition coefficient (Wildman–Crippen LogP) is -1.49. The number of hydrogen-bond donors (Lipinski definition) is 8. The number of phenolic OH excluding ortho intramolecular Hbond substituents is 1. The minimum Gasteiger partial charge on any atom is -0.508 e. The van der Waals surface area contributed by atoms with E-state index in [0.29, 0.717) is 17.0 Å². The number of aliphatic carboxylic acids is 1. The van der Waals surface area contributed by atoms with Gasteiger partial charge in [-0.1, -0.05) is 12.1 Å². The van der Waals surface area contributed by atoms with Gasteiger partial charge in [0.25, 0.3) is 0 Å². The van der Waals surface area contributed by atoms with Gasteiger partial charge in [0.2, 0.25) is 17.7 Å². The molecule has 14 heteroatoms. The van der Waals surface area contributed by atoms with Crippen molar-refractivity contribution in [3.63, 3.8) is 0 Å². The second-order valence-electron chi connectivity index (χ2n) is 8.24. The second kappa shape index (κ2) is 14.8. The van der Waals surface area contributed by atoms with Crippen molar-refractivity contribution in [3.8, 4) is 5.75 Å². The average molecular weight is 537 g/mol. The monoisotopic (exact) mass is 536 g/mol. The molecule has 1 aromatic carbocycles. The van der Waals surface area contributed by atoms with Crippen LogP contribution in [-0.2, 0) is 32.0 Å². The van der Waals surface area contributed by atoms with Gasteiger partial charge in [-0.05, 0) is 42.5 Å². The standard InChI is InChI=1S/C23H32N6O7S/c1-37-7-6-17(21(33)29-19(11-30)23(35)36)27-22(34)18(9-14-10-25-12-26-14)28-20(32)16(24)8-13-2-4-15(31)5-3-13/h2-5,10,12,16-19,30-31H,6-9,11,24H2,1H3,(H,25,26)(H,27,34)(H,28,32)(H,29,33)(H,35,36). The third kappa shape index (κ3) is 9.74. The van der Waals surface area contributed by atoms with E-state index in [1.165, 1.54) is 36.4 Å². The van der Waals surface area contributed by atoms with Gasteiger partial charge in [-0.3, -0.25) is 14.4 Å². The molecule has 0 saturated heterocycles. The van der Waals surface area contributed by atoms with Gasteiger partial charge < -0.3 is 42.0 Å². The SMILES string of the molecule is CSCCC(NC(=O)C(Cc1cnc[nH]1)NC(=O)C(N)Cc1ccc(O)cc1)C(=O)NC(CO)C(=O)O. The number of thioether (sulfide) groups is 1. The molecule has 0 fully saturated rings. The molecule has 2 rings (SSSR count). The van der Waals surface area contributed by atoms with Gasteiger partial charge in [-0.2, -0.15) is 11.8 Å². The van der Waals surface area contributed by atoms with Crippen molar-refractivity contribution in [1.82, 2.24) is 25.9 Å². The highest BCUT2D eigenvalue weighted by atomic mass is 32.2. The quantitative estimate of drug-likeness (QED) is 0.132. The summed E-state index contributed by atoms with van der Waals surface area (Å²) in [5, 5.41) is 35.1. The Morgan fingerprint density at radius 1 is 1.00 bits per heavy atom. The first-order chi connectivity index (χ1) is 17.6. The topological polar surface area (TPSA) is 220 Å². The molecule has 202 valence electrons. The predicted molar refractivity (Wildman–Crippen MR) is 136 cm³/mol. The number of hydrogen-bond acceptors (Lipinski definition) is 9. The number of aromatic hydroxyl groups is 1. The van der Waals surface area contributed by atoms with Gasteiger partial charge >= 0.3 is 5.97 Å². The van der Waals surface area contributed by atoms with Crippen molar-refractivity contribution in [2.24, 2.45) is 5.73 Å². The lowest BCUT2D eigenvalue weighted by atomic mass is 10.0. The highest BCUT2D eigenvalue weighted by molar-refractivity contribution is 7.98. The normalized spacial score (nSPS) is 14.1. The Labute approximate surface area is 217 Å². The van der Waals surface area contributed by atoms with E-state index in [1.54, 1.807) is 18.4 Å². The first-order valence-corrected chi connectivity index (χ1v) is 12.8. The zero-order chi connectivity index (χ0) is 27.4. The molecule has 37 heavy (non-hydrogen) atoms. The van der Waals surface area contributed by atoms with E-state index < -0.39 is 54.5 Å². The van der Waals surface area contributed by atoms with E-state index in [0.717, 1.165) is 0 Å². The number of imidazole rings is 1. The van der Waals surface area contributed by atoms with Crippen LogP contribution in [0.4, 0.5) is 0 Å². The molecule has 1 heterocycles. The molecular formula is C23H32N6O7S. The number of H-pyrrole nitrogens is 1. The maximum Gasteiger partial charge on any atom is 0.328 e. The van der Waals surface area contributed by atoms with Gasteiger partial charge in [-0.15, -0.1) is 0 Å². The largest absolute Gasteiger partial charge is 0.508 e. The molecule has 4 unspecified atom stereocenters. The molecule has 9 N–H and O–H groups in total. The number of carbonyl (C=O) groups excluding carboxylic acids is 3. The number of nitrogens with zero attached hydrogens (tertiary/aromatic N) is 1. The van der Waals surface area contributed by atoms with Crippen molar-refractivity contribution in [3.05, 3.63) is 48.0 Å². The summed E-state index contributed by atoms with van der Waals surface area (Å²) < 4.78 is 0. The van der Waals surface area contributed by atoms with Crippen molar-refractivity contribution in [1.29, 1.82) is 0 Å².